The number of nitrogens with one attached hydrogen (secondary N) is 1. The molecule has 11 heteroatoms. The number of carbonyl (C=O) groups is 3. The predicted octanol–water partition coefficient (Wildman–Crippen LogP) is 1.90. The van der Waals surface area contributed by atoms with E-state index in [0.29, 0.717) is 23.1 Å². The second-order valence-electron chi connectivity index (χ2n) is 7.27. The van der Waals surface area contributed by atoms with Crippen molar-refractivity contribution in [2.45, 2.75) is 25.9 Å². The molecule has 1 aliphatic rings. The van der Waals surface area contributed by atoms with Crippen LogP contribution in [0, 0.1) is 0 Å². The zero-order valence-corrected chi connectivity index (χ0v) is 19.1. The SMILES string of the molecule is CCOC(=O)c1cc2n(n1)C[C@](C)(C(=O)NCCOC)N(c1cc(Cl)ccc1OC)C2=O. The monoisotopic (exact) mass is 464 g/mol. The summed E-state index contributed by atoms with van der Waals surface area (Å²) in [5, 5.41) is 7.36. The molecule has 0 saturated carbocycles. The number of amides is 2. The largest absolute Gasteiger partial charge is 0.495 e. The van der Waals surface area contributed by atoms with E-state index in [1.54, 1.807) is 32.0 Å². The number of carbonyl (C=O) groups excluding carboxylic acids is 3. The molecule has 0 unspecified atom stereocenters. The Morgan fingerprint density at radius 2 is 2.03 bits per heavy atom. The lowest BCUT2D eigenvalue weighted by molar-refractivity contribution is -0.126. The first-order valence-electron chi connectivity index (χ1n) is 9.97. The summed E-state index contributed by atoms with van der Waals surface area (Å²) in [6.45, 7) is 3.99. The second-order valence-corrected chi connectivity index (χ2v) is 7.71. The van der Waals surface area contributed by atoms with Crippen LogP contribution in [0.15, 0.2) is 24.3 Å². The van der Waals surface area contributed by atoms with Crippen LogP contribution in [0.1, 0.15) is 34.8 Å². The van der Waals surface area contributed by atoms with Crippen LogP contribution >= 0.6 is 11.6 Å². The maximum absolute atomic E-state index is 13.7. The zero-order valence-electron chi connectivity index (χ0n) is 18.3. The Morgan fingerprint density at radius 3 is 2.69 bits per heavy atom. The number of benzene rings is 1. The minimum Gasteiger partial charge on any atom is -0.495 e. The fraction of sp³-hybridized carbons (Fsp3) is 0.429. The molecule has 0 fully saturated rings. The fourth-order valence-corrected chi connectivity index (χ4v) is 3.73. The molecule has 0 bridgehead atoms. The van der Waals surface area contributed by atoms with Gasteiger partial charge in [-0.3, -0.25) is 19.2 Å². The van der Waals surface area contributed by atoms with E-state index in [4.69, 9.17) is 25.8 Å². The molecule has 0 spiro atoms. The summed E-state index contributed by atoms with van der Waals surface area (Å²) < 4.78 is 16.8. The van der Waals surface area contributed by atoms with Gasteiger partial charge in [0.25, 0.3) is 5.91 Å². The molecule has 3 rings (SSSR count). The summed E-state index contributed by atoms with van der Waals surface area (Å²) in [6, 6.07) is 6.14. The van der Waals surface area contributed by atoms with Crippen LogP contribution in [0.5, 0.6) is 5.75 Å². The number of esters is 1. The van der Waals surface area contributed by atoms with Crippen LogP contribution in [0.4, 0.5) is 5.69 Å². The van der Waals surface area contributed by atoms with Gasteiger partial charge in [0.1, 0.15) is 17.0 Å². The number of aromatic nitrogens is 2. The number of ether oxygens (including phenoxy) is 3. The predicted molar refractivity (Wildman–Crippen MR) is 116 cm³/mol. The number of anilines is 1. The van der Waals surface area contributed by atoms with Gasteiger partial charge in [0.05, 0.1) is 32.6 Å². The molecular formula is C21H25ClN4O6. The smallest absolute Gasteiger partial charge is 0.358 e. The summed E-state index contributed by atoms with van der Waals surface area (Å²) in [5.41, 5.74) is -0.970. The van der Waals surface area contributed by atoms with E-state index < -0.39 is 23.3 Å². The Balaban J connectivity index is 2.13. The standard InChI is InChI=1S/C21H25ClN4O6/c1-5-32-19(28)14-11-16-18(27)26(15-10-13(22)6-7-17(15)31-4)21(2,12-25(16)24-14)20(29)23-8-9-30-3/h6-7,10-11H,5,8-9,12H2,1-4H3,(H,23,29)/t21-/m1/s1. The third-order valence-corrected chi connectivity index (χ3v) is 5.34. The molecule has 1 N–H and O–H groups in total. The molecule has 1 aromatic heterocycles. The number of halogens is 1. The van der Waals surface area contributed by atoms with Gasteiger partial charge >= 0.3 is 5.97 Å². The normalized spacial score (nSPS) is 17.7. The van der Waals surface area contributed by atoms with Crippen molar-refractivity contribution in [3.8, 4) is 5.75 Å². The van der Waals surface area contributed by atoms with Crippen LogP contribution in [0.2, 0.25) is 5.02 Å². The highest BCUT2D eigenvalue weighted by Gasteiger charge is 2.50. The number of nitrogens with zero attached hydrogens (tertiary/aromatic N) is 3. The third kappa shape index (κ3) is 4.28. The molecule has 32 heavy (non-hydrogen) atoms. The summed E-state index contributed by atoms with van der Waals surface area (Å²) in [7, 11) is 2.98. The molecule has 2 heterocycles. The Bertz CT molecular complexity index is 1040. The van der Waals surface area contributed by atoms with E-state index in [1.807, 2.05) is 0 Å². The van der Waals surface area contributed by atoms with Gasteiger partial charge in [-0.15, -0.1) is 0 Å². The lowest BCUT2D eigenvalue weighted by Gasteiger charge is -2.43. The number of fused-ring (bicyclic) bond motifs is 1. The first-order chi connectivity index (χ1) is 15.3. The van der Waals surface area contributed by atoms with Crippen LogP contribution < -0.4 is 15.0 Å². The number of methoxy groups -OCH3 is 2. The van der Waals surface area contributed by atoms with Crippen molar-refractivity contribution in [1.82, 2.24) is 15.1 Å². The van der Waals surface area contributed by atoms with Crippen molar-refractivity contribution >= 4 is 35.1 Å². The maximum Gasteiger partial charge on any atom is 0.358 e. The van der Waals surface area contributed by atoms with Gasteiger partial charge in [-0.05, 0) is 32.0 Å². The van der Waals surface area contributed by atoms with Gasteiger partial charge < -0.3 is 19.5 Å². The molecule has 0 radical (unpaired) electrons. The summed E-state index contributed by atoms with van der Waals surface area (Å²) >= 11 is 6.21. The summed E-state index contributed by atoms with van der Waals surface area (Å²) in [5.74, 6) is -1.26. The van der Waals surface area contributed by atoms with Crippen molar-refractivity contribution in [1.29, 1.82) is 0 Å². The van der Waals surface area contributed by atoms with E-state index in [-0.39, 0.29) is 31.1 Å². The third-order valence-electron chi connectivity index (χ3n) is 5.10. The molecule has 1 atom stereocenters. The van der Waals surface area contributed by atoms with E-state index in [1.165, 1.54) is 29.9 Å². The lowest BCUT2D eigenvalue weighted by atomic mass is 9.93. The summed E-state index contributed by atoms with van der Waals surface area (Å²) in [6.07, 6.45) is 0. The molecule has 2 aromatic rings. The van der Waals surface area contributed by atoms with E-state index in [9.17, 15) is 14.4 Å². The highest BCUT2D eigenvalue weighted by atomic mass is 35.5. The average molecular weight is 465 g/mol. The van der Waals surface area contributed by atoms with Gasteiger partial charge in [0.15, 0.2) is 5.69 Å². The highest BCUT2D eigenvalue weighted by Crippen LogP contribution is 2.39. The minimum atomic E-state index is -1.41. The Kier molecular flexibility index (Phi) is 7.05. The van der Waals surface area contributed by atoms with Gasteiger partial charge in [0.2, 0.25) is 5.91 Å². The quantitative estimate of drug-likeness (QED) is 0.469. The number of rotatable bonds is 8. The number of hydrogen-bond donors (Lipinski definition) is 1. The molecule has 10 nitrogen and oxygen atoms in total. The van der Waals surface area contributed by atoms with Crippen molar-refractivity contribution < 1.29 is 28.6 Å². The van der Waals surface area contributed by atoms with Gasteiger partial charge in [-0.25, -0.2) is 4.79 Å². The average Bonchev–Trinajstić information content (AvgIpc) is 3.18. The van der Waals surface area contributed by atoms with Crippen LogP contribution in [0.25, 0.3) is 0 Å². The Labute approximate surface area is 190 Å². The Morgan fingerprint density at radius 1 is 1.28 bits per heavy atom. The molecule has 0 saturated heterocycles. The first kappa shape index (κ1) is 23.6. The van der Waals surface area contributed by atoms with Gasteiger partial charge in [0, 0.05) is 24.7 Å². The van der Waals surface area contributed by atoms with Crippen molar-refractivity contribution in [3.63, 3.8) is 0 Å². The molecule has 172 valence electrons. The zero-order chi connectivity index (χ0) is 23.5. The lowest BCUT2D eigenvalue weighted by Crippen LogP contribution is -2.64. The van der Waals surface area contributed by atoms with Gasteiger partial charge in [-0.1, -0.05) is 11.6 Å². The summed E-state index contributed by atoms with van der Waals surface area (Å²) in [4.78, 5) is 40.5. The van der Waals surface area contributed by atoms with Crippen LogP contribution in [0.3, 0.4) is 0 Å². The van der Waals surface area contributed by atoms with E-state index in [2.05, 4.69) is 10.4 Å². The van der Waals surface area contributed by atoms with Crippen molar-refractivity contribution in [2.75, 3.05) is 38.9 Å². The minimum absolute atomic E-state index is 0.0119. The van der Waals surface area contributed by atoms with E-state index >= 15 is 0 Å². The molecular weight excluding hydrogens is 440 g/mol. The second kappa shape index (κ2) is 9.58. The topological polar surface area (TPSA) is 112 Å². The fourth-order valence-electron chi connectivity index (χ4n) is 3.56. The van der Waals surface area contributed by atoms with Crippen LogP contribution in [-0.4, -0.2) is 67.1 Å². The molecule has 0 aliphatic carbocycles. The first-order valence-corrected chi connectivity index (χ1v) is 10.3. The number of hydrogen-bond acceptors (Lipinski definition) is 7. The van der Waals surface area contributed by atoms with E-state index in [0.717, 1.165) is 0 Å². The van der Waals surface area contributed by atoms with Crippen LogP contribution in [-0.2, 0) is 20.8 Å². The molecule has 2 amide bonds. The van der Waals surface area contributed by atoms with Crippen molar-refractivity contribution in [2.24, 2.45) is 0 Å². The van der Waals surface area contributed by atoms with Gasteiger partial charge in [-0.2, -0.15) is 5.10 Å². The highest BCUT2D eigenvalue weighted by molar-refractivity contribution is 6.31. The maximum atomic E-state index is 13.7. The molecule has 1 aliphatic heterocycles. The van der Waals surface area contributed by atoms with Crippen molar-refractivity contribution in [3.05, 3.63) is 40.7 Å². The molecule has 1 aromatic carbocycles. The Hall–Kier alpha value is -3.11.